The van der Waals surface area contributed by atoms with Gasteiger partial charge in [-0.25, -0.2) is 4.79 Å². The Morgan fingerprint density at radius 3 is 2.71 bits per heavy atom. The Bertz CT molecular complexity index is 704. The van der Waals surface area contributed by atoms with E-state index >= 15 is 0 Å². The summed E-state index contributed by atoms with van der Waals surface area (Å²) in [5.74, 6) is -0.475. The van der Waals surface area contributed by atoms with E-state index in [1.807, 2.05) is 19.1 Å². The molecule has 110 valence electrons. The Morgan fingerprint density at radius 1 is 1.33 bits per heavy atom. The maximum atomic E-state index is 11.6. The van der Waals surface area contributed by atoms with E-state index in [1.165, 1.54) is 7.11 Å². The highest BCUT2D eigenvalue weighted by Gasteiger charge is 2.12. The standard InChI is InChI=1S/C15H14BrClN2O2/c1-8-5-11(16)14(7-12(8)17)19-9-3-4-13(18)10(6-9)15(20)21-2/h3-7,19H,18H2,1-2H3. The van der Waals surface area contributed by atoms with Crippen LogP contribution in [0.15, 0.2) is 34.8 Å². The lowest BCUT2D eigenvalue weighted by Crippen LogP contribution is -2.06. The first-order valence-electron chi connectivity index (χ1n) is 6.13. The van der Waals surface area contributed by atoms with E-state index in [2.05, 4.69) is 21.2 Å². The SMILES string of the molecule is COC(=O)c1cc(Nc2cc(Cl)c(C)cc2Br)ccc1N. The van der Waals surface area contributed by atoms with Gasteiger partial charge in [-0.2, -0.15) is 0 Å². The highest BCUT2D eigenvalue weighted by molar-refractivity contribution is 9.10. The maximum Gasteiger partial charge on any atom is 0.340 e. The summed E-state index contributed by atoms with van der Waals surface area (Å²) in [6.45, 7) is 1.93. The zero-order valence-electron chi connectivity index (χ0n) is 11.5. The van der Waals surface area contributed by atoms with E-state index in [-0.39, 0.29) is 0 Å². The van der Waals surface area contributed by atoms with Gasteiger partial charge in [0.25, 0.3) is 0 Å². The molecule has 2 aromatic rings. The van der Waals surface area contributed by atoms with Gasteiger partial charge < -0.3 is 15.8 Å². The number of anilines is 3. The highest BCUT2D eigenvalue weighted by Crippen LogP contribution is 2.32. The Balaban J connectivity index is 2.36. The lowest BCUT2D eigenvalue weighted by atomic mass is 10.1. The van der Waals surface area contributed by atoms with Crippen LogP contribution in [0.1, 0.15) is 15.9 Å². The number of nitrogens with one attached hydrogen (secondary N) is 1. The number of carbonyl (C=O) groups is 1. The van der Waals surface area contributed by atoms with Crippen LogP contribution in [0, 0.1) is 6.92 Å². The monoisotopic (exact) mass is 368 g/mol. The largest absolute Gasteiger partial charge is 0.465 e. The number of ether oxygens (including phenoxy) is 1. The van der Waals surface area contributed by atoms with Crippen molar-refractivity contribution >= 4 is 50.6 Å². The van der Waals surface area contributed by atoms with Crippen molar-refractivity contribution in [3.8, 4) is 0 Å². The molecule has 4 nitrogen and oxygen atoms in total. The third kappa shape index (κ3) is 3.49. The van der Waals surface area contributed by atoms with Gasteiger partial charge in [0.1, 0.15) is 0 Å². The number of hydrogen-bond donors (Lipinski definition) is 2. The summed E-state index contributed by atoms with van der Waals surface area (Å²) >= 11 is 9.60. The highest BCUT2D eigenvalue weighted by atomic mass is 79.9. The molecule has 0 saturated carbocycles. The number of carbonyl (C=O) groups excluding carboxylic acids is 1. The molecule has 21 heavy (non-hydrogen) atoms. The second-order valence-electron chi connectivity index (χ2n) is 4.50. The first-order valence-corrected chi connectivity index (χ1v) is 7.30. The molecule has 6 heteroatoms. The summed E-state index contributed by atoms with van der Waals surface area (Å²) < 4.78 is 5.58. The molecule has 0 aliphatic carbocycles. The minimum Gasteiger partial charge on any atom is -0.465 e. The van der Waals surface area contributed by atoms with Crippen LogP contribution in [0.3, 0.4) is 0 Å². The van der Waals surface area contributed by atoms with Gasteiger partial charge >= 0.3 is 5.97 Å². The lowest BCUT2D eigenvalue weighted by molar-refractivity contribution is 0.0602. The van der Waals surface area contributed by atoms with Crippen LogP contribution in [-0.2, 0) is 4.74 Å². The Labute approximate surface area is 136 Å². The van der Waals surface area contributed by atoms with Crippen molar-refractivity contribution in [2.45, 2.75) is 6.92 Å². The number of rotatable bonds is 3. The average molecular weight is 370 g/mol. The summed E-state index contributed by atoms with van der Waals surface area (Å²) in [4.78, 5) is 11.6. The zero-order valence-corrected chi connectivity index (χ0v) is 13.9. The van der Waals surface area contributed by atoms with Crippen LogP contribution < -0.4 is 11.1 Å². The molecule has 3 N–H and O–H groups in total. The van der Waals surface area contributed by atoms with Gasteiger partial charge in [-0.1, -0.05) is 11.6 Å². The van der Waals surface area contributed by atoms with E-state index < -0.39 is 5.97 Å². The fourth-order valence-electron chi connectivity index (χ4n) is 1.82. The summed E-state index contributed by atoms with van der Waals surface area (Å²) in [6.07, 6.45) is 0. The van der Waals surface area contributed by atoms with Gasteiger partial charge in [-0.15, -0.1) is 0 Å². The molecule has 0 radical (unpaired) electrons. The zero-order chi connectivity index (χ0) is 15.6. The molecule has 0 bridgehead atoms. The summed E-state index contributed by atoms with van der Waals surface area (Å²) in [7, 11) is 1.32. The van der Waals surface area contributed by atoms with Crippen LogP contribution >= 0.6 is 27.5 Å². The number of aryl methyl sites for hydroxylation is 1. The molecule has 2 rings (SSSR count). The quantitative estimate of drug-likeness (QED) is 0.616. The van der Waals surface area contributed by atoms with Crippen molar-refractivity contribution in [3.05, 3.63) is 51.0 Å². The van der Waals surface area contributed by atoms with Gasteiger partial charge in [-0.05, 0) is 58.7 Å². The number of esters is 1. The summed E-state index contributed by atoms with van der Waals surface area (Å²) in [5.41, 5.74) is 8.94. The molecular weight excluding hydrogens is 356 g/mol. The number of hydrogen-bond acceptors (Lipinski definition) is 4. The minimum absolute atomic E-state index is 0.317. The second-order valence-corrected chi connectivity index (χ2v) is 5.76. The minimum atomic E-state index is -0.475. The number of methoxy groups -OCH3 is 1. The Morgan fingerprint density at radius 2 is 2.05 bits per heavy atom. The van der Waals surface area contributed by atoms with Crippen molar-refractivity contribution in [1.82, 2.24) is 0 Å². The number of nitrogens with two attached hydrogens (primary N) is 1. The molecule has 2 aromatic carbocycles. The molecule has 0 saturated heterocycles. The van der Waals surface area contributed by atoms with Gasteiger partial charge in [0, 0.05) is 20.9 Å². The van der Waals surface area contributed by atoms with Crippen molar-refractivity contribution in [3.63, 3.8) is 0 Å². The van der Waals surface area contributed by atoms with Crippen molar-refractivity contribution in [1.29, 1.82) is 0 Å². The van der Waals surface area contributed by atoms with Crippen LogP contribution in [0.4, 0.5) is 17.1 Å². The van der Waals surface area contributed by atoms with Crippen LogP contribution in [0.2, 0.25) is 5.02 Å². The molecule has 0 aliphatic rings. The van der Waals surface area contributed by atoms with Crippen molar-refractivity contribution in [2.75, 3.05) is 18.2 Å². The summed E-state index contributed by atoms with van der Waals surface area (Å²) in [6, 6.07) is 8.81. The fraction of sp³-hybridized carbons (Fsp3) is 0.133. The van der Waals surface area contributed by atoms with Crippen molar-refractivity contribution < 1.29 is 9.53 Å². The van der Waals surface area contributed by atoms with Gasteiger partial charge in [-0.3, -0.25) is 0 Å². The van der Waals surface area contributed by atoms with E-state index in [0.29, 0.717) is 22.0 Å². The van der Waals surface area contributed by atoms with Crippen molar-refractivity contribution in [2.24, 2.45) is 0 Å². The van der Waals surface area contributed by atoms with Gasteiger partial charge in [0.2, 0.25) is 0 Å². The fourth-order valence-corrected chi connectivity index (χ4v) is 2.54. The van der Waals surface area contributed by atoms with E-state index in [4.69, 9.17) is 22.1 Å². The second kappa shape index (κ2) is 6.37. The smallest absolute Gasteiger partial charge is 0.340 e. The van der Waals surface area contributed by atoms with Crippen LogP contribution in [-0.4, -0.2) is 13.1 Å². The lowest BCUT2D eigenvalue weighted by Gasteiger charge is -2.12. The molecule has 0 fully saturated rings. The Kier molecular flexibility index (Phi) is 4.75. The Hall–Kier alpha value is -1.72. The molecule has 0 amide bonds. The number of halogens is 2. The normalized spacial score (nSPS) is 10.3. The first-order chi connectivity index (χ1) is 9.92. The van der Waals surface area contributed by atoms with E-state index in [0.717, 1.165) is 15.7 Å². The van der Waals surface area contributed by atoms with E-state index in [9.17, 15) is 4.79 Å². The number of benzene rings is 2. The molecule has 0 unspecified atom stereocenters. The van der Waals surface area contributed by atoms with Gasteiger partial charge in [0.05, 0.1) is 18.4 Å². The molecule has 0 aromatic heterocycles. The topological polar surface area (TPSA) is 64.3 Å². The van der Waals surface area contributed by atoms with Gasteiger partial charge in [0.15, 0.2) is 0 Å². The average Bonchev–Trinajstić information content (AvgIpc) is 2.45. The molecule has 0 heterocycles. The molecule has 0 spiro atoms. The van der Waals surface area contributed by atoms with E-state index in [1.54, 1.807) is 18.2 Å². The number of nitrogen functional groups attached to an aromatic ring is 1. The molecular formula is C15H14BrClN2O2. The first kappa shape index (κ1) is 15.7. The predicted molar refractivity (Wildman–Crippen MR) is 89.4 cm³/mol. The predicted octanol–water partition coefficient (Wildman–Crippen LogP) is 4.52. The van der Waals surface area contributed by atoms with Crippen LogP contribution in [0.5, 0.6) is 0 Å². The molecule has 0 aliphatic heterocycles. The third-order valence-corrected chi connectivity index (χ3v) is 4.05. The van der Waals surface area contributed by atoms with Crippen LogP contribution in [0.25, 0.3) is 0 Å². The summed E-state index contributed by atoms with van der Waals surface area (Å²) in [5, 5.41) is 3.85. The molecule has 0 atom stereocenters. The third-order valence-electron chi connectivity index (χ3n) is 2.99. The maximum absolute atomic E-state index is 11.6.